The lowest BCUT2D eigenvalue weighted by atomic mass is 10.3. The predicted octanol–water partition coefficient (Wildman–Crippen LogP) is 3.04. The van der Waals surface area contributed by atoms with Crippen molar-refractivity contribution in [2.75, 3.05) is 17.7 Å². The second kappa shape index (κ2) is 10.00. The molecule has 0 saturated carbocycles. The zero-order chi connectivity index (χ0) is 16.4. The molecule has 0 atom stereocenters. The van der Waals surface area contributed by atoms with Gasteiger partial charge in [0.1, 0.15) is 6.42 Å². The van der Waals surface area contributed by atoms with Gasteiger partial charge in [0.05, 0.1) is 12.4 Å². The molecule has 0 saturated heterocycles. The molecule has 0 aliphatic carbocycles. The molecular weight excluding hydrogens is 302 g/mol. The predicted molar refractivity (Wildman–Crippen MR) is 87.0 cm³/mol. The normalized spacial score (nSPS) is 10.1. The van der Waals surface area contributed by atoms with Crippen LogP contribution in [0.25, 0.3) is 0 Å². The lowest BCUT2D eigenvalue weighted by Crippen LogP contribution is -2.12. The van der Waals surface area contributed by atoms with Gasteiger partial charge in [-0.25, -0.2) is 0 Å². The molecule has 0 fully saturated rings. The molecule has 0 aromatic heterocycles. The zero-order valence-corrected chi connectivity index (χ0v) is 13.7. The maximum absolute atomic E-state index is 11.6. The summed E-state index contributed by atoms with van der Waals surface area (Å²) < 4.78 is 4.73. The zero-order valence-electron chi connectivity index (χ0n) is 12.9. The highest BCUT2D eigenvalue weighted by Crippen LogP contribution is 2.21. The van der Waals surface area contributed by atoms with Crippen molar-refractivity contribution in [3.05, 3.63) is 24.3 Å². The van der Waals surface area contributed by atoms with E-state index in [-0.39, 0.29) is 30.5 Å². The van der Waals surface area contributed by atoms with Crippen LogP contribution in [0.2, 0.25) is 0 Å². The summed E-state index contributed by atoms with van der Waals surface area (Å²) >= 11 is 1.36. The molecule has 22 heavy (non-hydrogen) atoms. The highest BCUT2D eigenvalue weighted by Gasteiger charge is 2.10. The maximum Gasteiger partial charge on any atom is 0.313 e. The van der Waals surface area contributed by atoms with E-state index in [0.29, 0.717) is 6.42 Å². The Morgan fingerprint density at radius 3 is 2.41 bits per heavy atom. The van der Waals surface area contributed by atoms with Crippen molar-refractivity contribution < 1.29 is 19.1 Å². The largest absolute Gasteiger partial charge is 0.466 e. The molecule has 1 aromatic rings. The van der Waals surface area contributed by atoms with Crippen LogP contribution in [-0.4, -0.2) is 30.0 Å². The first-order valence-electron chi connectivity index (χ1n) is 7.25. The molecule has 1 rings (SSSR count). The number of carbonyl (C=O) groups excluding carboxylic acids is 3. The van der Waals surface area contributed by atoms with E-state index < -0.39 is 5.97 Å². The van der Waals surface area contributed by atoms with Gasteiger partial charge in [-0.3, -0.25) is 14.4 Å². The van der Waals surface area contributed by atoms with Crippen molar-refractivity contribution in [3.63, 3.8) is 0 Å². The van der Waals surface area contributed by atoms with Crippen molar-refractivity contribution in [1.82, 2.24) is 0 Å². The number of hydrogen-bond donors (Lipinski definition) is 1. The van der Waals surface area contributed by atoms with Crippen molar-refractivity contribution in [2.45, 2.75) is 38.0 Å². The molecule has 6 heteroatoms. The average molecular weight is 323 g/mol. The molecule has 0 spiro atoms. The van der Waals surface area contributed by atoms with Gasteiger partial charge in [-0.2, -0.15) is 0 Å². The lowest BCUT2D eigenvalue weighted by Gasteiger charge is -2.06. The Bertz CT molecular complexity index is 513. The van der Waals surface area contributed by atoms with Gasteiger partial charge in [0.2, 0.25) is 5.91 Å². The first-order valence-corrected chi connectivity index (χ1v) is 8.23. The van der Waals surface area contributed by atoms with Crippen LogP contribution >= 0.6 is 11.8 Å². The summed E-state index contributed by atoms with van der Waals surface area (Å²) in [5.74, 6) is -0.432. The van der Waals surface area contributed by atoms with E-state index in [1.165, 1.54) is 11.8 Å². The van der Waals surface area contributed by atoms with Crippen LogP contribution in [0.5, 0.6) is 0 Å². The summed E-state index contributed by atoms with van der Waals surface area (Å²) in [7, 11) is 0. The summed E-state index contributed by atoms with van der Waals surface area (Å²) in [6, 6.07) is 7.27. The van der Waals surface area contributed by atoms with Crippen LogP contribution < -0.4 is 5.32 Å². The van der Waals surface area contributed by atoms with Gasteiger partial charge in [-0.1, -0.05) is 6.92 Å². The number of carbonyl (C=O) groups is 3. The molecule has 0 radical (unpaired) electrons. The molecule has 1 amide bonds. The second-order valence-electron chi connectivity index (χ2n) is 4.63. The maximum atomic E-state index is 11.6. The van der Waals surface area contributed by atoms with Crippen LogP contribution in [0.4, 0.5) is 5.69 Å². The third kappa shape index (κ3) is 7.26. The summed E-state index contributed by atoms with van der Waals surface area (Å²) in [5.41, 5.74) is 0.737. The minimum absolute atomic E-state index is 0.00693. The van der Waals surface area contributed by atoms with E-state index in [9.17, 15) is 14.4 Å². The highest BCUT2D eigenvalue weighted by molar-refractivity contribution is 8.00. The van der Waals surface area contributed by atoms with Gasteiger partial charge in [0.15, 0.2) is 5.78 Å². The molecule has 1 aromatic carbocycles. The van der Waals surface area contributed by atoms with Crippen molar-refractivity contribution in [3.8, 4) is 0 Å². The van der Waals surface area contributed by atoms with Gasteiger partial charge in [-0.05, 0) is 37.6 Å². The van der Waals surface area contributed by atoms with E-state index in [4.69, 9.17) is 4.74 Å². The summed E-state index contributed by atoms with van der Waals surface area (Å²) in [5, 5.41) is 2.80. The molecule has 5 nitrogen and oxygen atoms in total. The van der Waals surface area contributed by atoms with Crippen LogP contribution in [-0.2, 0) is 19.1 Å². The van der Waals surface area contributed by atoms with E-state index in [2.05, 4.69) is 5.32 Å². The smallest absolute Gasteiger partial charge is 0.313 e. The Hall–Kier alpha value is -1.82. The number of benzene rings is 1. The quantitative estimate of drug-likeness (QED) is 0.429. The number of esters is 1. The van der Waals surface area contributed by atoms with Gasteiger partial charge < -0.3 is 10.1 Å². The number of ketones is 1. The van der Waals surface area contributed by atoms with E-state index in [1.807, 2.05) is 19.1 Å². The third-order valence-corrected chi connectivity index (χ3v) is 3.73. The van der Waals surface area contributed by atoms with E-state index >= 15 is 0 Å². The first kappa shape index (κ1) is 18.2. The fourth-order valence-corrected chi connectivity index (χ4v) is 2.43. The van der Waals surface area contributed by atoms with E-state index in [0.717, 1.165) is 17.0 Å². The number of hydrogen-bond acceptors (Lipinski definition) is 5. The number of ether oxygens (including phenoxy) is 1. The number of anilines is 1. The molecule has 0 aliphatic heterocycles. The van der Waals surface area contributed by atoms with Gasteiger partial charge in [0, 0.05) is 17.0 Å². The van der Waals surface area contributed by atoms with E-state index in [1.54, 1.807) is 19.1 Å². The van der Waals surface area contributed by atoms with Crippen molar-refractivity contribution >= 4 is 35.1 Å². The first-order chi connectivity index (χ1) is 10.5. The van der Waals surface area contributed by atoms with Crippen molar-refractivity contribution in [2.24, 2.45) is 0 Å². The summed E-state index contributed by atoms with van der Waals surface area (Å²) in [6.07, 6.45) is 1.12. The minimum atomic E-state index is -0.484. The fraction of sp³-hybridized carbons (Fsp3) is 0.438. The monoisotopic (exact) mass is 323 g/mol. The molecule has 0 heterocycles. The molecule has 0 aliphatic rings. The second-order valence-corrected chi connectivity index (χ2v) is 5.68. The third-order valence-electron chi connectivity index (χ3n) is 2.66. The molecular formula is C16H21NO4S. The fourth-order valence-electron chi connectivity index (χ4n) is 1.67. The Morgan fingerprint density at radius 1 is 1.14 bits per heavy atom. The highest BCUT2D eigenvalue weighted by atomic mass is 32.2. The lowest BCUT2D eigenvalue weighted by molar-refractivity contribution is -0.145. The number of Topliss-reactive ketones (excluding diaryl/α,β-unsaturated/α-hetero) is 1. The number of nitrogens with one attached hydrogen (secondary N) is 1. The SMILES string of the molecule is CCCC(=O)Nc1ccc(SCC(=O)CC(=O)OCC)cc1. The van der Waals surface area contributed by atoms with Crippen LogP contribution in [0, 0.1) is 0 Å². The van der Waals surface area contributed by atoms with Crippen molar-refractivity contribution in [1.29, 1.82) is 0 Å². The molecule has 120 valence electrons. The average Bonchev–Trinajstić information content (AvgIpc) is 2.47. The van der Waals surface area contributed by atoms with Gasteiger partial charge in [-0.15, -0.1) is 11.8 Å². The number of rotatable bonds is 9. The standard InChI is InChI=1S/C16H21NO4S/c1-3-5-15(19)17-12-6-8-14(9-7-12)22-11-13(18)10-16(20)21-4-2/h6-9H,3-5,10-11H2,1-2H3,(H,17,19). The van der Waals surface area contributed by atoms with Crippen LogP contribution in [0.15, 0.2) is 29.2 Å². The number of thioether (sulfide) groups is 1. The Labute approximate surface area is 134 Å². The Morgan fingerprint density at radius 2 is 1.82 bits per heavy atom. The molecule has 1 N–H and O–H groups in total. The topological polar surface area (TPSA) is 72.5 Å². The summed E-state index contributed by atoms with van der Waals surface area (Å²) in [4.78, 5) is 35.2. The minimum Gasteiger partial charge on any atom is -0.466 e. The van der Waals surface area contributed by atoms with Gasteiger partial charge in [0.25, 0.3) is 0 Å². The summed E-state index contributed by atoms with van der Waals surface area (Å²) in [6.45, 7) is 3.94. The molecule has 0 unspecified atom stereocenters. The molecule has 0 bridgehead atoms. The Balaban J connectivity index is 2.39. The Kier molecular flexibility index (Phi) is 8.28. The van der Waals surface area contributed by atoms with Crippen LogP contribution in [0.3, 0.4) is 0 Å². The van der Waals surface area contributed by atoms with Crippen LogP contribution in [0.1, 0.15) is 33.1 Å². The van der Waals surface area contributed by atoms with Gasteiger partial charge >= 0.3 is 5.97 Å². The number of amides is 1.